The van der Waals surface area contributed by atoms with Gasteiger partial charge in [-0.3, -0.25) is 14.6 Å². The summed E-state index contributed by atoms with van der Waals surface area (Å²) in [6, 6.07) is 9.97. The van der Waals surface area contributed by atoms with Gasteiger partial charge in [0, 0.05) is 66.9 Å². The molecule has 0 bridgehead atoms. The summed E-state index contributed by atoms with van der Waals surface area (Å²) in [5.74, 6) is -0.000724. The fraction of sp³-hybridized carbons (Fsp3) is 0.471. The molecule has 1 aromatic heterocycles. The number of ether oxygens (including phenoxy) is 1. The Morgan fingerprint density at radius 3 is 2.44 bits per heavy atom. The summed E-state index contributed by atoms with van der Waals surface area (Å²) in [7, 11) is -4.32. The van der Waals surface area contributed by atoms with E-state index in [-0.39, 0.29) is 71.0 Å². The van der Waals surface area contributed by atoms with E-state index in [0.29, 0.717) is 43.7 Å². The number of aliphatic imine (C=N–C) groups is 1. The van der Waals surface area contributed by atoms with Crippen molar-refractivity contribution in [1.29, 1.82) is 0 Å². The van der Waals surface area contributed by atoms with E-state index in [1.807, 2.05) is 32.0 Å². The molecule has 13 nitrogen and oxygen atoms in total. The molecule has 2 atom stereocenters. The van der Waals surface area contributed by atoms with E-state index in [0.717, 1.165) is 16.6 Å². The van der Waals surface area contributed by atoms with Crippen LogP contribution < -0.4 is 26.7 Å². The Morgan fingerprint density at radius 1 is 1.10 bits per heavy atom. The van der Waals surface area contributed by atoms with Gasteiger partial charge in [0.05, 0.1) is 5.02 Å². The molecule has 2 heterocycles. The molecular formula is C34H46Cl2N8O5S. The van der Waals surface area contributed by atoms with E-state index in [4.69, 9.17) is 45.1 Å². The number of sulfonamides is 1. The second-order valence-corrected chi connectivity index (χ2v) is 15.2. The molecule has 2 amide bonds. The smallest absolute Gasteiger partial charge is 0.243 e. The molecule has 0 radical (unpaired) electrons. The Balaban J connectivity index is 1.42. The predicted octanol–water partition coefficient (Wildman–Crippen LogP) is 3.63. The first-order valence-corrected chi connectivity index (χ1v) is 18.7. The number of rotatable bonds is 14. The van der Waals surface area contributed by atoms with Gasteiger partial charge in [-0.05, 0) is 69.9 Å². The van der Waals surface area contributed by atoms with Crippen molar-refractivity contribution in [3.63, 3.8) is 0 Å². The number of benzene rings is 2. The van der Waals surface area contributed by atoms with E-state index < -0.39 is 21.5 Å². The lowest BCUT2D eigenvalue weighted by Gasteiger charge is -2.40. The Morgan fingerprint density at radius 2 is 1.78 bits per heavy atom. The lowest BCUT2D eigenvalue weighted by molar-refractivity contribution is -0.143. The molecule has 0 saturated carbocycles. The average molecular weight is 750 g/mol. The molecule has 0 spiro atoms. The highest BCUT2D eigenvalue weighted by Crippen LogP contribution is 2.34. The van der Waals surface area contributed by atoms with Crippen LogP contribution >= 0.6 is 23.2 Å². The van der Waals surface area contributed by atoms with Crippen molar-refractivity contribution in [2.75, 3.05) is 32.7 Å². The number of nitrogens with one attached hydrogen (secondary N) is 1. The van der Waals surface area contributed by atoms with Crippen LogP contribution in [0.25, 0.3) is 10.9 Å². The van der Waals surface area contributed by atoms with Crippen LogP contribution in [0.2, 0.25) is 10.0 Å². The molecule has 50 heavy (non-hydrogen) atoms. The summed E-state index contributed by atoms with van der Waals surface area (Å²) in [4.78, 5) is 38.2. The largest absolute Gasteiger partial charge is 0.487 e. The van der Waals surface area contributed by atoms with Gasteiger partial charge in [0.15, 0.2) is 5.96 Å². The first-order valence-electron chi connectivity index (χ1n) is 16.4. The predicted molar refractivity (Wildman–Crippen MR) is 197 cm³/mol. The minimum atomic E-state index is -4.32. The van der Waals surface area contributed by atoms with Crippen molar-refractivity contribution in [1.82, 2.24) is 19.5 Å². The van der Waals surface area contributed by atoms with Gasteiger partial charge in [-0.25, -0.2) is 13.4 Å². The monoisotopic (exact) mass is 748 g/mol. The fourth-order valence-electron chi connectivity index (χ4n) is 5.88. The zero-order valence-electron chi connectivity index (χ0n) is 28.8. The summed E-state index contributed by atoms with van der Waals surface area (Å²) < 4.78 is 36.4. The number of nitrogens with zero attached hydrogens (tertiary/aromatic N) is 4. The number of para-hydroxylation sites is 1. The van der Waals surface area contributed by atoms with Crippen LogP contribution in [0.5, 0.6) is 5.75 Å². The van der Waals surface area contributed by atoms with E-state index in [1.54, 1.807) is 22.8 Å². The van der Waals surface area contributed by atoms with E-state index in [1.165, 1.54) is 19.1 Å². The van der Waals surface area contributed by atoms with E-state index >= 15 is 0 Å². The number of fused-ring (bicyclic) bond motifs is 1. The zero-order valence-corrected chi connectivity index (χ0v) is 31.2. The number of aromatic nitrogens is 1. The van der Waals surface area contributed by atoms with Gasteiger partial charge in [0.2, 0.25) is 21.8 Å². The highest BCUT2D eigenvalue weighted by molar-refractivity contribution is 7.89. The average Bonchev–Trinajstić information content (AvgIpc) is 3.06. The normalized spacial score (nSPS) is 15.4. The third-order valence-electron chi connectivity index (χ3n) is 8.87. The Labute approximate surface area is 303 Å². The molecule has 2 aromatic carbocycles. The molecule has 1 aliphatic rings. The van der Waals surface area contributed by atoms with Crippen LogP contribution in [-0.4, -0.2) is 85.3 Å². The van der Waals surface area contributed by atoms with E-state index in [2.05, 4.69) is 14.7 Å². The molecule has 1 fully saturated rings. The first-order chi connectivity index (χ1) is 23.6. The Kier molecular flexibility index (Phi) is 12.9. The van der Waals surface area contributed by atoms with Gasteiger partial charge in [-0.2, -0.15) is 4.72 Å². The maximum Gasteiger partial charge on any atom is 0.243 e. The quantitative estimate of drug-likeness (QED) is 0.108. The third kappa shape index (κ3) is 9.34. The summed E-state index contributed by atoms with van der Waals surface area (Å²) in [6.07, 6.45) is 1.56. The zero-order chi connectivity index (χ0) is 36.8. The molecule has 4 rings (SSSR count). The Bertz CT molecular complexity index is 1860. The van der Waals surface area contributed by atoms with Gasteiger partial charge in [0.25, 0.3) is 0 Å². The molecule has 1 saturated heterocycles. The van der Waals surface area contributed by atoms with Crippen LogP contribution in [0.15, 0.2) is 46.3 Å². The van der Waals surface area contributed by atoms with Gasteiger partial charge in [-0.15, -0.1) is 0 Å². The summed E-state index contributed by atoms with van der Waals surface area (Å²) in [5, 5.41) is 1.04. The van der Waals surface area contributed by atoms with Gasteiger partial charge < -0.3 is 31.7 Å². The second-order valence-electron chi connectivity index (χ2n) is 12.7. The van der Waals surface area contributed by atoms with Crippen LogP contribution in [0.1, 0.15) is 56.4 Å². The standard InChI is InChI=1S/C34H46Cl2N8O5S/c1-5-34(4,32(46)44-16-14-43(15-17-44)29(45)19-23(37)8-7-13-40-33(38)39)42-50(47,48)28-12-11-26(35)25(30(28)36)20-49-27-10-6-9-24-21(2)18-22(3)41-31(24)27/h6,9-12,18,23,42H,5,7-8,13-17,19-20,37H2,1-4H3,(H4,38,39,40)/t23-,34-/m0/s1. The minimum Gasteiger partial charge on any atom is -0.487 e. The molecule has 3 aromatic rings. The van der Waals surface area contributed by atoms with Crippen molar-refractivity contribution in [2.45, 2.75) is 76.5 Å². The number of hydrogen-bond acceptors (Lipinski definition) is 8. The van der Waals surface area contributed by atoms with Gasteiger partial charge in [-0.1, -0.05) is 42.3 Å². The van der Waals surface area contributed by atoms with Crippen molar-refractivity contribution in [2.24, 2.45) is 22.2 Å². The molecule has 1 aliphatic heterocycles. The second kappa shape index (κ2) is 16.6. The summed E-state index contributed by atoms with van der Waals surface area (Å²) in [6.45, 7) is 8.56. The Hall–Kier alpha value is -3.69. The fourth-order valence-corrected chi connectivity index (χ4v) is 8.21. The number of piperazine rings is 1. The SMILES string of the molecule is CC[C@](C)(NS(=O)(=O)c1ccc(Cl)c(COc2cccc3c(C)cc(C)nc23)c1Cl)C(=O)N1CCN(C(=O)C[C@@H](N)CCCN=C(N)N)CC1. The van der Waals surface area contributed by atoms with Crippen LogP contribution in [0, 0.1) is 13.8 Å². The maximum atomic E-state index is 13.8. The minimum absolute atomic E-state index is 0.0128. The van der Waals surface area contributed by atoms with Gasteiger partial charge >= 0.3 is 0 Å². The van der Waals surface area contributed by atoms with Gasteiger partial charge in [0.1, 0.15) is 28.3 Å². The summed E-state index contributed by atoms with van der Waals surface area (Å²) in [5.41, 5.74) is 18.1. The molecular weight excluding hydrogens is 703 g/mol. The highest BCUT2D eigenvalue weighted by Gasteiger charge is 2.41. The highest BCUT2D eigenvalue weighted by atomic mass is 35.5. The molecule has 16 heteroatoms. The maximum absolute atomic E-state index is 13.8. The van der Waals surface area contributed by atoms with Crippen molar-refractivity contribution in [3.8, 4) is 5.75 Å². The number of pyridine rings is 1. The van der Waals surface area contributed by atoms with Crippen molar-refractivity contribution < 1.29 is 22.7 Å². The number of carbonyl (C=O) groups is 2. The topological polar surface area (TPSA) is 199 Å². The number of guanidine groups is 1. The number of amides is 2. The number of carbonyl (C=O) groups excluding carboxylic acids is 2. The lowest BCUT2D eigenvalue weighted by Crippen LogP contribution is -2.61. The van der Waals surface area contributed by atoms with Crippen molar-refractivity contribution >= 4 is 61.9 Å². The van der Waals surface area contributed by atoms with Crippen LogP contribution in [-0.2, 0) is 26.2 Å². The third-order valence-corrected chi connectivity index (χ3v) is 11.4. The first kappa shape index (κ1) is 39.1. The van der Waals surface area contributed by atoms with Crippen LogP contribution in [0.4, 0.5) is 0 Å². The lowest BCUT2D eigenvalue weighted by atomic mass is 9.98. The number of nitrogens with two attached hydrogens (primary N) is 3. The summed E-state index contributed by atoms with van der Waals surface area (Å²) >= 11 is 13.2. The molecule has 272 valence electrons. The number of halogens is 2. The number of aryl methyl sites for hydroxylation is 2. The molecule has 0 unspecified atom stereocenters. The molecule has 0 aliphatic carbocycles. The van der Waals surface area contributed by atoms with Crippen molar-refractivity contribution in [3.05, 3.63) is 63.3 Å². The molecule has 7 N–H and O–H groups in total. The van der Waals surface area contributed by atoms with E-state index in [9.17, 15) is 18.0 Å². The van der Waals surface area contributed by atoms with Crippen LogP contribution in [0.3, 0.4) is 0 Å². The number of hydrogen-bond donors (Lipinski definition) is 4.